The maximum Gasteiger partial charge on any atom is 0.290 e. The molecule has 0 aromatic carbocycles. The van der Waals surface area contributed by atoms with E-state index in [0.717, 1.165) is 36.5 Å². The Bertz CT molecular complexity index is 660. The van der Waals surface area contributed by atoms with Gasteiger partial charge in [-0.2, -0.15) is 0 Å². The molecule has 0 spiro atoms. The van der Waals surface area contributed by atoms with Crippen LogP contribution >= 0.6 is 0 Å². The van der Waals surface area contributed by atoms with Crippen molar-refractivity contribution in [2.24, 2.45) is 29.1 Å². The molecule has 5 atom stereocenters. The van der Waals surface area contributed by atoms with E-state index in [1.165, 1.54) is 37.7 Å². The summed E-state index contributed by atoms with van der Waals surface area (Å²) in [5.41, 5.74) is 3.40. The Morgan fingerprint density at radius 3 is 2.50 bits per heavy atom. The Hall–Kier alpha value is -1.71. The molecule has 0 bridgehead atoms. The first-order chi connectivity index (χ1) is 13.3. The molecule has 4 aliphatic carbocycles. The van der Waals surface area contributed by atoms with Crippen LogP contribution in [0.2, 0.25) is 0 Å². The van der Waals surface area contributed by atoms with Crippen molar-refractivity contribution >= 4 is 18.0 Å². The van der Waals surface area contributed by atoms with Crippen molar-refractivity contribution in [3.8, 4) is 0 Å². The number of ketones is 2. The fourth-order valence-corrected chi connectivity index (χ4v) is 5.81. The Morgan fingerprint density at radius 2 is 1.89 bits per heavy atom. The van der Waals surface area contributed by atoms with Gasteiger partial charge in [-0.05, 0) is 68.8 Å². The number of allylic oxidation sites excluding steroid dienone is 4. The molecule has 4 aliphatic rings. The number of rotatable bonds is 1. The average molecular weight is 389 g/mol. The average Bonchev–Trinajstić information content (AvgIpc) is 3.05. The van der Waals surface area contributed by atoms with Gasteiger partial charge in [-0.25, -0.2) is 0 Å². The summed E-state index contributed by atoms with van der Waals surface area (Å²) in [6, 6.07) is 0. The second kappa shape index (κ2) is 9.67. The van der Waals surface area contributed by atoms with E-state index < -0.39 is 0 Å². The van der Waals surface area contributed by atoms with Gasteiger partial charge in [-0.15, -0.1) is 0 Å². The van der Waals surface area contributed by atoms with Crippen LogP contribution in [0.25, 0.3) is 0 Å². The van der Waals surface area contributed by atoms with Gasteiger partial charge in [-0.3, -0.25) is 9.59 Å². The highest BCUT2D eigenvalue weighted by atomic mass is 16.3. The lowest BCUT2D eigenvalue weighted by molar-refractivity contribution is -0.123. The molecule has 0 aliphatic heterocycles. The topological polar surface area (TPSA) is 71.4 Å². The second-order valence-corrected chi connectivity index (χ2v) is 9.05. The maximum absolute atomic E-state index is 11.7. The first kappa shape index (κ1) is 22.6. The predicted octanol–water partition coefficient (Wildman–Crippen LogP) is 5.37. The van der Waals surface area contributed by atoms with Crippen LogP contribution in [0, 0.1) is 29.1 Å². The highest BCUT2D eigenvalue weighted by Gasteiger charge is 2.49. The van der Waals surface area contributed by atoms with E-state index in [-0.39, 0.29) is 17.7 Å². The van der Waals surface area contributed by atoms with E-state index in [4.69, 9.17) is 9.90 Å². The number of hydrogen-bond donors (Lipinski definition) is 1. The Morgan fingerprint density at radius 1 is 1.25 bits per heavy atom. The fraction of sp³-hybridized carbons (Fsp3) is 0.708. The highest BCUT2D eigenvalue weighted by molar-refractivity contribution is 5.92. The summed E-state index contributed by atoms with van der Waals surface area (Å²) < 4.78 is 0. The van der Waals surface area contributed by atoms with Crippen LogP contribution in [0.3, 0.4) is 0 Å². The van der Waals surface area contributed by atoms with E-state index in [0.29, 0.717) is 12.2 Å². The van der Waals surface area contributed by atoms with E-state index in [2.05, 4.69) is 19.9 Å². The van der Waals surface area contributed by atoms with Gasteiger partial charge in [0.05, 0.1) is 0 Å². The SMILES string of the molecule is CCC(C)=O.C[C@H]1CCC2C3CCC4=CC(=O)CC[C@]4(C)C3=CCC21.O=CO. The minimum atomic E-state index is -0.250. The number of hydrogen-bond acceptors (Lipinski definition) is 3. The number of Topliss-reactive ketones (excluding diaryl/α,β-unsaturated/α-hetero) is 1. The molecule has 0 heterocycles. The Balaban J connectivity index is 0.000000302. The van der Waals surface area contributed by atoms with Gasteiger partial charge >= 0.3 is 0 Å². The number of fused-ring (bicyclic) bond motifs is 5. The van der Waals surface area contributed by atoms with Gasteiger partial charge in [0.1, 0.15) is 5.78 Å². The molecule has 2 fully saturated rings. The smallest absolute Gasteiger partial charge is 0.290 e. The normalized spacial score (nSPS) is 35.4. The maximum atomic E-state index is 11.7. The molecule has 28 heavy (non-hydrogen) atoms. The van der Waals surface area contributed by atoms with Crippen molar-refractivity contribution in [1.29, 1.82) is 0 Å². The Labute approximate surface area is 169 Å². The van der Waals surface area contributed by atoms with E-state index in [9.17, 15) is 9.59 Å². The second-order valence-electron chi connectivity index (χ2n) is 9.05. The van der Waals surface area contributed by atoms with Gasteiger partial charge in [0.25, 0.3) is 6.47 Å². The van der Waals surface area contributed by atoms with Crippen molar-refractivity contribution in [2.45, 2.75) is 79.1 Å². The minimum Gasteiger partial charge on any atom is -0.483 e. The van der Waals surface area contributed by atoms with E-state index in [1.807, 2.05) is 13.0 Å². The van der Waals surface area contributed by atoms with Crippen LogP contribution in [0.5, 0.6) is 0 Å². The minimum absolute atomic E-state index is 0.230. The van der Waals surface area contributed by atoms with Crippen molar-refractivity contribution in [2.75, 3.05) is 0 Å². The molecule has 156 valence electrons. The molecule has 3 unspecified atom stereocenters. The van der Waals surface area contributed by atoms with Crippen LogP contribution in [0.4, 0.5) is 0 Å². The van der Waals surface area contributed by atoms with Gasteiger partial charge in [0.2, 0.25) is 0 Å². The summed E-state index contributed by atoms with van der Waals surface area (Å²) in [5.74, 6) is 4.26. The monoisotopic (exact) mass is 388 g/mol. The van der Waals surface area contributed by atoms with Gasteiger partial charge in [0.15, 0.2) is 5.78 Å². The molecule has 0 aromatic heterocycles. The predicted molar refractivity (Wildman–Crippen MR) is 111 cm³/mol. The Kier molecular flexibility index (Phi) is 7.79. The van der Waals surface area contributed by atoms with Crippen molar-refractivity contribution < 1.29 is 19.5 Å². The lowest BCUT2D eigenvalue weighted by Gasteiger charge is -2.50. The van der Waals surface area contributed by atoms with Crippen LogP contribution in [-0.4, -0.2) is 23.1 Å². The lowest BCUT2D eigenvalue weighted by atomic mass is 9.54. The molecular formula is C24H36O4. The summed E-state index contributed by atoms with van der Waals surface area (Å²) in [6.45, 7) is 8.06. The van der Waals surface area contributed by atoms with Crippen LogP contribution < -0.4 is 0 Å². The summed E-state index contributed by atoms with van der Waals surface area (Å²) in [6.07, 6.45) is 13.7. The molecule has 0 aromatic rings. The van der Waals surface area contributed by atoms with Gasteiger partial charge in [-0.1, -0.05) is 44.4 Å². The molecule has 4 nitrogen and oxygen atoms in total. The third-order valence-electron chi connectivity index (χ3n) is 7.54. The lowest BCUT2D eigenvalue weighted by Crippen LogP contribution is -2.40. The molecule has 2 saturated carbocycles. The number of carboxylic acid groups (broad SMARTS) is 1. The summed E-state index contributed by atoms with van der Waals surface area (Å²) >= 11 is 0. The molecule has 0 amide bonds. The third kappa shape index (κ3) is 4.64. The summed E-state index contributed by atoms with van der Waals surface area (Å²) in [4.78, 5) is 29.9. The summed E-state index contributed by atoms with van der Waals surface area (Å²) in [7, 11) is 0. The first-order valence-corrected chi connectivity index (χ1v) is 10.8. The highest BCUT2D eigenvalue weighted by Crippen LogP contribution is 2.60. The molecule has 0 saturated heterocycles. The quantitative estimate of drug-likeness (QED) is 0.484. The molecular weight excluding hydrogens is 352 g/mol. The zero-order valence-electron chi connectivity index (χ0n) is 17.9. The van der Waals surface area contributed by atoms with E-state index >= 15 is 0 Å². The zero-order valence-corrected chi connectivity index (χ0v) is 17.9. The first-order valence-electron chi connectivity index (χ1n) is 10.8. The van der Waals surface area contributed by atoms with Crippen LogP contribution in [0.15, 0.2) is 23.3 Å². The van der Waals surface area contributed by atoms with Crippen molar-refractivity contribution in [3.63, 3.8) is 0 Å². The van der Waals surface area contributed by atoms with Crippen LogP contribution in [0.1, 0.15) is 79.1 Å². The van der Waals surface area contributed by atoms with E-state index in [1.54, 1.807) is 12.5 Å². The van der Waals surface area contributed by atoms with Crippen molar-refractivity contribution in [3.05, 3.63) is 23.3 Å². The number of carbonyl (C=O) groups is 3. The van der Waals surface area contributed by atoms with Crippen molar-refractivity contribution in [1.82, 2.24) is 0 Å². The molecule has 4 rings (SSSR count). The van der Waals surface area contributed by atoms with Gasteiger partial charge < -0.3 is 9.90 Å². The number of carbonyl (C=O) groups excluding carboxylic acids is 2. The summed E-state index contributed by atoms with van der Waals surface area (Å²) in [5, 5.41) is 6.89. The zero-order chi connectivity index (χ0) is 20.9. The third-order valence-corrected chi connectivity index (χ3v) is 7.54. The van der Waals surface area contributed by atoms with Gasteiger partial charge in [0, 0.05) is 18.3 Å². The largest absolute Gasteiger partial charge is 0.483 e. The molecule has 1 N–H and O–H groups in total. The molecule has 0 radical (unpaired) electrons. The van der Waals surface area contributed by atoms with Crippen LogP contribution in [-0.2, 0) is 14.4 Å². The standard InChI is InChI=1S/C19H26O.C4H8O.CH2O2/c1-12-3-5-16-15(12)7-8-18-17(16)6-4-13-11-14(20)9-10-19(13,18)2;1-3-4(2)5;2-1-3/h8,11-12,15-17H,3-7,9-10H2,1-2H3;3H2,1-2H3;1H,(H,2,3)/t12-,15?,16?,17?,19-;;/m0../s1. The fourth-order valence-electron chi connectivity index (χ4n) is 5.81. The molecule has 4 heteroatoms.